The van der Waals surface area contributed by atoms with Crippen LogP contribution >= 0.6 is 15.9 Å². The molecule has 1 aromatic carbocycles. The number of carbonyl (C=O) groups is 1. The van der Waals surface area contributed by atoms with Crippen LogP contribution in [-0.2, 0) is 0 Å². The molecule has 3 rings (SSSR count). The van der Waals surface area contributed by atoms with Gasteiger partial charge in [0.25, 0.3) is 11.6 Å². The first-order chi connectivity index (χ1) is 9.99. The molecule has 0 radical (unpaired) electrons. The monoisotopic (exact) mass is 352 g/mol. The maximum absolute atomic E-state index is 12.9. The van der Waals surface area contributed by atoms with E-state index in [-0.39, 0.29) is 29.2 Å². The van der Waals surface area contributed by atoms with Gasteiger partial charge in [0.05, 0.1) is 4.92 Å². The number of nitro benzene ring substituents is 1. The average molecular weight is 353 g/mol. The Hall–Kier alpha value is -1.43. The van der Waals surface area contributed by atoms with Crippen LogP contribution < -0.4 is 0 Å². The number of hydrogen-bond acceptors (Lipinski definition) is 3. The quantitative estimate of drug-likeness (QED) is 0.465. The fourth-order valence-electron chi connectivity index (χ4n) is 3.66. The minimum atomic E-state index is -0.443. The molecule has 2 aliphatic rings. The molecule has 2 unspecified atom stereocenters. The highest BCUT2D eigenvalue weighted by Crippen LogP contribution is 2.40. The van der Waals surface area contributed by atoms with E-state index in [1.54, 1.807) is 25.1 Å². The van der Waals surface area contributed by atoms with E-state index in [0.29, 0.717) is 10.4 Å². The third-order valence-electron chi connectivity index (χ3n) is 4.56. The minimum Gasteiger partial charge on any atom is -0.332 e. The summed E-state index contributed by atoms with van der Waals surface area (Å²) in [6.07, 6.45) is 3.86. The summed E-state index contributed by atoms with van der Waals surface area (Å²) in [5, 5.41) is 11.3. The molecule has 2 aliphatic heterocycles. The second-order valence-corrected chi connectivity index (χ2v) is 7.19. The van der Waals surface area contributed by atoms with Crippen LogP contribution in [0.2, 0.25) is 0 Å². The van der Waals surface area contributed by atoms with Gasteiger partial charge < -0.3 is 4.90 Å². The number of rotatable bonds is 2. The van der Waals surface area contributed by atoms with E-state index in [1.165, 1.54) is 0 Å². The summed E-state index contributed by atoms with van der Waals surface area (Å²) in [5.41, 5.74) is 0.710. The highest BCUT2D eigenvalue weighted by molar-refractivity contribution is 9.09. The van der Waals surface area contributed by atoms with Gasteiger partial charge in [0.1, 0.15) is 5.56 Å². The number of alkyl halides is 1. The first kappa shape index (κ1) is 14.5. The molecule has 0 spiro atoms. The van der Waals surface area contributed by atoms with Gasteiger partial charge in [-0.3, -0.25) is 14.9 Å². The third-order valence-corrected chi connectivity index (χ3v) is 5.31. The Labute approximate surface area is 131 Å². The maximum Gasteiger partial charge on any atom is 0.285 e. The minimum absolute atomic E-state index is 0.0529. The van der Waals surface area contributed by atoms with Crippen LogP contribution in [0.3, 0.4) is 0 Å². The van der Waals surface area contributed by atoms with Gasteiger partial charge >= 0.3 is 0 Å². The van der Waals surface area contributed by atoms with E-state index in [9.17, 15) is 14.9 Å². The Morgan fingerprint density at radius 1 is 1.33 bits per heavy atom. The van der Waals surface area contributed by atoms with Gasteiger partial charge in [-0.25, -0.2) is 0 Å². The molecule has 2 heterocycles. The molecule has 2 saturated heterocycles. The van der Waals surface area contributed by atoms with E-state index in [1.807, 2.05) is 4.90 Å². The first-order valence-corrected chi connectivity index (χ1v) is 8.11. The van der Waals surface area contributed by atoms with Gasteiger partial charge in [0.2, 0.25) is 0 Å². The lowest BCUT2D eigenvalue weighted by Gasteiger charge is -2.37. The highest BCUT2D eigenvalue weighted by Gasteiger charge is 2.44. The van der Waals surface area contributed by atoms with Crippen molar-refractivity contribution in [1.29, 1.82) is 0 Å². The lowest BCUT2D eigenvalue weighted by atomic mass is 10.00. The standard InChI is InChI=1S/C15H17BrN2O3/c1-9-3-2-4-13(14(9)18(20)21)15(19)17-11-5-6-12(17)8-10(16)7-11/h2-4,10-12H,5-8H2,1H3. The van der Waals surface area contributed by atoms with Gasteiger partial charge in [-0.2, -0.15) is 0 Å². The number of nitro groups is 1. The number of para-hydroxylation sites is 1. The van der Waals surface area contributed by atoms with Crippen LogP contribution in [0.25, 0.3) is 0 Å². The lowest BCUT2D eigenvalue weighted by molar-refractivity contribution is -0.385. The second-order valence-electron chi connectivity index (χ2n) is 5.89. The fraction of sp³-hybridized carbons (Fsp3) is 0.533. The van der Waals surface area contributed by atoms with Crippen molar-refractivity contribution in [3.8, 4) is 0 Å². The number of aryl methyl sites for hydroxylation is 1. The summed E-state index contributed by atoms with van der Waals surface area (Å²) >= 11 is 3.65. The molecule has 2 fully saturated rings. The highest BCUT2D eigenvalue weighted by atomic mass is 79.9. The normalized spacial score (nSPS) is 27.7. The SMILES string of the molecule is Cc1cccc(C(=O)N2C3CCC2CC(Br)C3)c1[N+](=O)[O-]. The number of carbonyl (C=O) groups excluding carboxylic acids is 1. The molecule has 1 aromatic rings. The molecule has 112 valence electrons. The fourth-order valence-corrected chi connectivity index (χ4v) is 4.52. The van der Waals surface area contributed by atoms with Crippen molar-refractivity contribution in [2.24, 2.45) is 0 Å². The van der Waals surface area contributed by atoms with Crippen LogP contribution in [0.15, 0.2) is 18.2 Å². The van der Waals surface area contributed by atoms with E-state index >= 15 is 0 Å². The molecule has 0 aliphatic carbocycles. The van der Waals surface area contributed by atoms with Crippen molar-refractivity contribution in [1.82, 2.24) is 4.90 Å². The molecule has 0 aromatic heterocycles. The molecule has 2 atom stereocenters. The number of benzene rings is 1. The summed E-state index contributed by atoms with van der Waals surface area (Å²) in [6, 6.07) is 5.39. The average Bonchev–Trinajstić information content (AvgIpc) is 2.69. The molecular weight excluding hydrogens is 336 g/mol. The molecule has 5 nitrogen and oxygen atoms in total. The van der Waals surface area contributed by atoms with Crippen LogP contribution in [-0.4, -0.2) is 32.6 Å². The summed E-state index contributed by atoms with van der Waals surface area (Å²) in [6.45, 7) is 1.67. The van der Waals surface area contributed by atoms with E-state index in [4.69, 9.17) is 0 Å². The molecule has 0 saturated carbocycles. The van der Waals surface area contributed by atoms with Gasteiger partial charge in [-0.1, -0.05) is 28.1 Å². The maximum atomic E-state index is 12.9. The van der Waals surface area contributed by atoms with Gasteiger partial charge in [0, 0.05) is 22.5 Å². The zero-order valence-corrected chi connectivity index (χ0v) is 13.4. The van der Waals surface area contributed by atoms with Gasteiger partial charge in [-0.05, 0) is 38.7 Å². The Bertz CT molecular complexity index is 591. The van der Waals surface area contributed by atoms with Crippen molar-refractivity contribution < 1.29 is 9.72 Å². The Morgan fingerprint density at radius 2 is 1.95 bits per heavy atom. The summed E-state index contributed by atoms with van der Waals surface area (Å²) < 4.78 is 0. The first-order valence-electron chi connectivity index (χ1n) is 7.19. The van der Waals surface area contributed by atoms with Crippen molar-refractivity contribution in [3.63, 3.8) is 0 Å². The number of hydrogen-bond donors (Lipinski definition) is 0. The molecule has 0 N–H and O–H groups in total. The zero-order valence-electron chi connectivity index (χ0n) is 11.8. The molecular formula is C15H17BrN2O3. The van der Waals surface area contributed by atoms with Crippen LogP contribution in [0, 0.1) is 17.0 Å². The van der Waals surface area contributed by atoms with Gasteiger partial charge in [-0.15, -0.1) is 0 Å². The van der Waals surface area contributed by atoms with Crippen LogP contribution in [0.5, 0.6) is 0 Å². The number of amides is 1. The predicted molar refractivity (Wildman–Crippen MR) is 82.8 cm³/mol. The topological polar surface area (TPSA) is 63.5 Å². The van der Waals surface area contributed by atoms with E-state index in [0.717, 1.165) is 25.7 Å². The van der Waals surface area contributed by atoms with Crippen molar-refractivity contribution in [3.05, 3.63) is 39.4 Å². The molecule has 21 heavy (non-hydrogen) atoms. The van der Waals surface area contributed by atoms with Crippen molar-refractivity contribution in [2.45, 2.75) is 49.5 Å². The van der Waals surface area contributed by atoms with Crippen LogP contribution in [0.1, 0.15) is 41.6 Å². The summed E-state index contributed by atoms with van der Waals surface area (Å²) in [4.78, 5) is 26.0. The number of piperidine rings is 1. The molecule has 2 bridgehead atoms. The predicted octanol–water partition coefficient (Wildman–Crippen LogP) is 3.43. The van der Waals surface area contributed by atoms with Crippen LogP contribution in [0.4, 0.5) is 5.69 Å². The third kappa shape index (κ3) is 2.46. The Kier molecular flexibility index (Phi) is 3.73. The summed E-state index contributed by atoms with van der Waals surface area (Å²) in [5.74, 6) is -0.183. The zero-order chi connectivity index (χ0) is 15.1. The number of nitrogens with zero attached hydrogens (tertiary/aromatic N) is 2. The lowest BCUT2D eigenvalue weighted by Crippen LogP contribution is -2.47. The summed E-state index contributed by atoms with van der Waals surface area (Å²) in [7, 11) is 0. The molecule has 1 amide bonds. The number of halogens is 1. The Morgan fingerprint density at radius 3 is 2.52 bits per heavy atom. The smallest absolute Gasteiger partial charge is 0.285 e. The second kappa shape index (κ2) is 5.40. The van der Waals surface area contributed by atoms with E-state index < -0.39 is 4.92 Å². The largest absolute Gasteiger partial charge is 0.332 e. The van der Waals surface area contributed by atoms with Crippen molar-refractivity contribution >= 4 is 27.5 Å². The molecule has 6 heteroatoms. The Balaban J connectivity index is 1.97. The van der Waals surface area contributed by atoms with E-state index in [2.05, 4.69) is 15.9 Å². The number of fused-ring (bicyclic) bond motifs is 2. The van der Waals surface area contributed by atoms with Crippen molar-refractivity contribution in [2.75, 3.05) is 0 Å². The van der Waals surface area contributed by atoms with Gasteiger partial charge in [0.15, 0.2) is 0 Å².